The number of carbonyl (C=O) groups is 2. The Morgan fingerprint density at radius 1 is 1.19 bits per heavy atom. The number of rotatable bonds is 3. The molecular weight excluding hydrogens is 362 g/mol. The minimum absolute atomic E-state index is 0.101. The first-order chi connectivity index (χ1) is 13.1. The van der Waals surface area contributed by atoms with Crippen LogP contribution in [0, 0.1) is 0 Å². The first-order valence-corrected chi connectivity index (χ1v) is 9.71. The Kier molecular flexibility index (Phi) is 4.90. The lowest BCUT2D eigenvalue weighted by atomic mass is 10.2. The van der Waals surface area contributed by atoms with Crippen molar-refractivity contribution in [3.8, 4) is 0 Å². The standard InChI is InChI=1S/C21H19NO4S/c1-14-10-11-22(16-7-3-5-9-19(16)27-14)20(23)13-25-21(24)18-12-15-6-2-4-8-17(15)26-18/h2-9,12,14H,10-11,13H2,1H3/t14-/m0/s1. The van der Waals surface area contributed by atoms with Gasteiger partial charge in [0, 0.05) is 22.1 Å². The molecule has 1 atom stereocenters. The third-order valence-electron chi connectivity index (χ3n) is 4.50. The molecule has 0 N–H and O–H groups in total. The number of hydrogen-bond acceptors (Lipinski definition) is 5. The predicted molar refractivity (Wildman–Crippen MR) is 105 cm³/mol. The molecule has 1 amide bonds. The van der Waals surface area contributed by atoms with Gasteiger partial charge in [0.15, 0.2) is 6.61 Å². The molecule has 6 heteroatoms. The summed E-state index contributed by atoms with van der Waals surface area (Å²) < 4.78 is 10.7. The molecule has 0 unspecified atom stereocenters. The van der Waals surface area contributed by atoms with Gasteiger partial charge in [0.05, 0.1) is 5.69 Å². The van der Waals surface area contributed by atoms with Gasteiger partial charge in [0.25, 0.3) is 5.91 Å². The summed E-state index contributed by atoms with van der Waals surface area (Å²) in [5, 5.41) is 1.24. The second-order valence-corrected chi connectivity index (χ2v) is 7.94. The van der Waals surface area contributed by atoms with Crippen molar-refractivity contribution in [1.82, 2.24) is 0 Å². The number of amides is 1. The fourth-order valence-electron chi connectivity index (χ4n) is 3.10. The first-order valence-electron chi connectivity index (χ1n) is 8.83. The average molecular weight is 381 g/mol. The normalized spacial score (nSPS) is 16.6. The molecule has 2 aromatic carbocycles. The number of ether oxygens (including phenoxy) is 1. The van der Waals surface area contributed by atoms with Gasteiger partial charge < -0.3 is 14.1 Å². The Bertz CT molecular complexity index is 964. The highest BCUT2D eigenvalue weighted by molar-refractivity contribution is 8.00. The Labute approximate surface area is 161 Å². The van der Waals surface area contributed by atoms with Crippen molar-refractivity contribution in [3.05, 3.63) is 60.4 Å². The number of furan rings is 1. The Morgan fingerprint density at radius 3 is 2.81 bits per heavy atom. The van der Waals surface area contributed by atoms with E-state index in [9.17, 15) is 9.59 Å². The number of fused-ring (bicyclic) bond motifs is 2. The lowest BCUT2D eigenvalue weighted by Crippen LogP contribution is -2.35. The zero-order chi connectivity index (χ0) is 18.8. The van der Waals surface area contributed by atoms with Gasteiger partial charge in [-0.2, -0.15) is 0 Å². The van der Waals surface area contributed by atoms with Gasteiger partial charge in [-0.15, -0.1) is 11.8 Å². The largest absolute Gasteiger partial charge is 0.450 e. The van der Waals surface area contributed by atoms with Gasteiger partial charge in [0.1, 0.15) is 5.58 Å². The summed E-state index contributed by atoms with van der Waals surface area (Å²) in [5.74, 6) is -0.767. The highest BCUT2D eigenvalue weighted by Gasteiger charge is 2.25. The van der Waals surface area contributed by atoms with Gasteiger partial charge in [-0.1, -0.05) is 37.3 Å². The van der Waals surface area contributed by atoms with E-state index in [0.29, 0.717) is 17.4 Å². The number of benzene rings is 2. The maximum Gasteiger partial charge on any atom is 0.374 e. The van der Waals surface area contributed by atoms with Crippen molar-refractivity contribution < 1.29 is 18.7 Å². The molecular formula is C21H19NO4S. The molecule has 0 saturated carbocycles. The molecule has 0 bridgehead atoms. The highest BCUT2D eigenvalue weighted by Crippen LogP contribution is 2.37. The number of nitrogens with zero attached hydrogens (tertiary/aromatic N) is 1. The predicted octanol–water partition coefficient (Wildman–Crippen LogP) is 4.51. The smallest absolute Gasteiger partial charge is 0.374 e. The molecule has 5 nitrogen and oxygen atoms in total. The molecule has 0 fully saturated rings. The highest BCUT2D eigenvalue weighted by atomic mass is 32.2. The topological polar surface area (TPSA) is 59.8 Å². The van der Waals surface area contributed by atoms with Crippen LogP contribution in [0.1, 0.15) is 23.9 Å². The van der Waals surface area contributed by atoms with Crippen LogP contribution in [0.5, 0.6) is 0 Å². The van der Waals surface area contributed by atoms with Crippen molar-refractivity contribution >= 4 is 40.3 Å². The number of hydrogen-bond donors (Lipinski definition) is 0. The summed E-state index contributed by atoms with van der Waals surface area (Å²) in [6.45, 7) is 2.44. The summed E-state index contributed by atoms with van der Waals surface area (Å²) in [4.78, 5) is 27.8. The van der Waals surface area contributed by atoms with Crippen LogP contribution in [0.15, 0.2) is 63.9 Å². The van der Waals surface area contributed by atoms with Crippen molar-refractivity contribution in [3.63, 3.8) is 0 Å². The van der Waals surface area contributed by atoms with Crippen LogP contribution in [0.2, 0.25) is 0 Å². The number of thioether (sulfide) groups is 1. The third-order valence-corrected chi connectivity index (χ3v) is 5.74. The summed E-state index contributed by atoms with van der Waals surface area (Å²) in [7, 11) is 0. The lowest BCUT2D eigenvalue weighted by molar-refractivity contribution is -0.121. The zero-order valence-corrected chi connectivity index (χ0v) is 15.7. The van der Waals surface area contributed by atoms with Crippen molar-refractivity contribution in [2.24, 2.45) is 0 Å². The van der Waals surface area contributed by atoms with E-state index in [0.717, 1.165) is 22.4 Å². The van der Waals surface area contributed by atoms with Crippen LogP contribution >= 0.6 is 11.8 Å². The Hall–Kier alpha value is -2.73. The molecule has 1 aliphatic heterocycles. The van der Waals surface area contributed by atoms with Crippen LogP contribution in [0.25, 0.3) is 11.0 Å². The fraction of sp³-hybridized carbons (Fsp3) is 0.238. The summed E-state index contributed by atoms with van der Waals surface area (Å²) in [5.41, 5.74) is 1.49. The van der Waals surface area contributed by atoms with E-state index in [1.54, 1.807) is 28.8 Å². The fourth-order valence-corrected chi connectivity index (χ4v) is 4.22. The molecule has 0 spiro atoms. The van der Waals surface area contributed by atoms with Gasteiger partial charge in [-0.3, -0.25) is 4.79 Å². The van der Waals surface area contributed by atoms with E-state index in [1.807, 2.05) is 42.5 Å². The Balaban J connectivity index is 1.46. The summed E-state index contributed by atoms with van der Waals surface area (Å²) in [6.07, 6.45) is 0.878. The molecule has 27 heavy (non-hydrogen) atoms. The van der Waals surface area contributed by atoms with Crippen molar-refractivity contribution in [2.75, 3.05) is 18.1 Å². The second-order valence-electron chi connectivity index (χ2n) is 6.45. The maximum atomic E-state index is 12.7. The molecule has 3 aromatic rings. The van der Waals surface area contributed by atoms with Gasteiger partial charge in [-0.05, 0) is 30.7 Å². The van der Waals surface area contributed by atoms with Crippen LogP contribution in [0.4, 0.5) is 5.69 Å². The monoisotopic (exact) mass is 381 g/mol. The minimum Gasteiger partial charge on any atom is -0.450 e. The van der Waals surface area contributed by atoms with Crippen LogP contribution in [0.3, 0.4) is 0 Å². The molecule has 0 radical (unpaired) electrons. The summed E-state index contributed by atoms with van der Waals surface area (Å²) in [6, 6.07) is 16.8. The third kappa shape index (κ3) is 3.71. The van der Waals surface area contributed by atoms with Crippen molar-refractivity contribution in [2.45, 2.75) is 23.5 Å². The molecule has 2 heterocycles. The number of esters is 1. The molecule has 0 saturated heterocycles. The summed E-state index contributed by atoms with van der Waals surface area (Å²) >= 11 is 1.76. The van der Waals surface area contributed by atoms with Crippen LogP contribution in [-0.2, 0) is 9.53 Å². The van der Waals surface area contributed by atoms with E-state index >= 15 is 0 Å². The van der Waals surface area contributed by atoms with Gasteiger partial charge >= 0.3 is 5.97 Å². The molecule has 4 rings (SSSR count). The van der Waals surface area contributed by atoms with E-state index in [4.69, 9.17) is 9.15 Å². The zero-order valence-electron chi connectivity index (χ0n) is 14.9. The van der Waals surface area contributed by atoms with E-state index in [1.165, 1.54) is 0 Å². The van der Waals surface area contributed by atoms with E-state index < -0.39 is 5.97 Å². The number of carbonyl (C=O) groups excluding carboxylic acids is 2. The lowest BCUT2D eigenvalue weighted by Gasteiger charge is -2.22. The maximum absolute atomic E-state index is 12.7. The quantitative estimate of drug-likeness (QED) is 0.625. The van der Waals surface area contributed by atoms with Gasteiger partial charge in [-0.25, -0.2) is 4.79 Å². The average Bonchev–Trinajstić information content (AvgIpc) is 3.04. The SMILES string of the molecule is C[C@H]1CCN(C(=O)COC(=O)c2cc3ccccc3o2)c2ccccc2S1. The number of para-hydroxylation sites is 2. The molecule has 138 valence electrons. The minimum atomic E-state index is -0.634. The second kappa shape index (κ2) is 7.48. The Morgan fingerprint density at radius 2 is 1.96 bits per heavy atom. The van der Waals surface area contributed by atoms with Crippen LogP contribution in [-0.4, -0.2) is 30.3 Å². The number of anilines is 1. The molecule has 1 aliphatic rings. The molecule has 0 aliphatic carbocycles. The first kappa shape index (κ1) is 17.7. The molecule has 1 aromatic heterocycles. The van der Waals surface area contributed by atoms with Crippen LogP contribution < -0.4 is 4.90 Å². The van der Waals surface area contributed by atoms with E-state index in [-0.39, 0.29) is 18.3 Å². The van der Waals surface area contributed by atoms with E-state index in [2.05, 4.69) is 6.92 Å². The van der Waals surface area contributed by atoms with Gasteiger partial charge in [0.2, 0.25) is 5.76 Å². The van der Waals surface area contributed by atoms with Crippen molar-refractivity contribution in [1.29, 1.82) is 0 Å².